The first-order chi connectivity index (χ1) is 17.4. The van der Waals surface area contributed by atoms with Crippen LogP contribution in [0.5, 0.6) is 0 Å². The Bertz CT molecular complexity index is 1220. The molecule has 0 bridgehead atoms. The van der Waals surface area contributed by atoms with Crippen LogP contribution in [0.1, 0.15) is 58.8 Å². The lowest BCUT2D eigenvalue weighted by atomic mass is 9.80. The molecule has 1 atom stereocenters. The van der Waals surface area contributed by atoms with Crippen molar-refractivity contribution in [3.8, 4) is 11.6 Å². The first-order valence-corrected chi connectivity index (χ1v) is 13.2. The van der Waals surface area contributed by atoms with Gasteiger partial charge in [0.2, 0.25) is 17.6 Å². The van der Waals surface area contributed by atoms with Crippen LogP contribution in [0.2, 0.25) is 0 Å². The molecule has 2 saturated carbocycles. The molecular formula is C25H38N8O3. The normalized spacial score (nSPS) is 21.4. The molecule has 3 aromatic rings. The van der Waals surface area contributed by atoms with Crippen molar-refractivity contribution in [1.29, 1.82) is 0 Å². The molecule has 0 spiro atoms. The SMILES string of the molecule is COCCN(C)c1nc2nc(-c3noc(=O)[nH]3)nc(N[C@H](C)C3CCC3)c2n1C[C@H]1CC[C@H](C)CC1. The quantitative estimate of drug-likeness (QED) is 0.430. The van der Waals surface area contributed by atoms with Crippen molar-refractivity contribution in [3.05, 3.63) is 10.6 Å². The van der Waals surface area contributed by atoms with Crippen LogP contribution in [0, 0.1) is 17.8 Å². The summed E-state index contributed by atoms with van der Waals surface area (Å²) in [7, 11) is 3.74. The molecule has 2 aliphatic carbocycles. The Kier molecular flexibility index (Phi) is 7.27. The number of ether oxygens (including phenoxy) is 1. The minimum Gasteiger partial charge on any atom is -0.383 e. The number of anilines is 2. The average molecular weight is 499 g/mol. The van der Waals surface area contributed by atoms with Crippen molar-refractivity contribution >= 4 is 22.9 Å². The molecule has 2 N–H and O–H groups in total. The average Bonchev–Trinajstić information content (AvgIpc) is 3.41. The zero-order chi connectivity index (χ0) is 25.2. The molecule has 0 unspecified atom stereocenters. The maximum atomic E-state index is 11.6. The van der Waals surface area contributed by atoms with Crippen LogP contribution in [0.25, 0.3) is 22.8 Å². The van der Waals surface area contributed by atoms with Crippen LogP contribution >= 0.6 is 0 Å². The second-order valence-electron chi connectivity index (χ2n) is 10.7. The Morgan fingerprint density at radius 1 is 1.19 bits per heavy atom. The molecule has 0 amide bonds. The Morgan fingerprint density at radius 3 is 2.61 bits per heavy atom. The smallest absolute Gasteiger partial charge is 0.383 e. The lowest BCUT2D eigenvalue weighted by Crippen LogP contribution is -2.31. The third kappa shape index (κ3) is 5.11. The number of likely N-dealkylation sites (N-methyl/N-ethyl adjacent to an activating group) is 1. The predicted octanol–water partition coefficient (Wildman–Crippen LogP) is 3.68. The van der Waals surface area contributed by atoms with Gasteiger partial charge in [0.15, 0.2) is 11.5 Å². The van der Waals surface area contributed by atoms with Gasteiger partial charge in [0.1, 0.15) is 5.52 Å². The molecule has 2 fully saturated rings. The van der Waals surface area contributed by atoms with Gasteiger partial charge in [0.05, 0.1) is 6.61 Å². The number of hydrogen-bond donors (Lipinski definition) is 2. The molecule has 0 aromatic carbocycles. The third-order valence-corrected chi connectivity index (χ3v) is 8.00. The first kappa shape index (κ1) is 24.7. The minimum absolute atomic E-state index is 0.200. The summed E-state index contributed by atoms with van der Waals surface area (Å²) < 4.78 is 12.4. The Labute approximate surface area is 211 Å². The van der Waals surface area contributed by atoms with E-state index in [0.717, 1.165) is 29.7 Å². The summed E-state index contributed by atoms with van der Waals surface area (Å²) in [5.41, 5.74) is 1.48. The maximum Gasteiger partial charge on any atom is 0.439 e. The van der Waals surface area contributed by atoms with Gasteiger partial charge in [-0.3, -0.25) is 9.51 Å². The van der Waals surface area contributed by atoms with Crippen molar-refractivity contribution in [2.45, 2.75) is 71.4 Å². The number of aromatic nitrogens is 6. The summed E-state index contributed by atoms with van der Waals surface area (Å²) in [5, 5.41) is 7.50. The Hall–Kier alpha value is -2.95. The van der Waals surface area contributed by atoms with Gasteiger partial charge in [-0.2, -0.15) is 4.98 Å². The van der Waals surface area contributed by atoms with Crippen molar-refractivity contribution in [1.82, 2.24) is 29.7 Å². The standard InChI is InChI=1S/C25H38N8O3/c1-15-8-10-17(11-9-15)14-33-19-20(26-16(2)18-6-5-7-18)27-22(23-30-25(34)36-31-23)28-21(19)29-24(33)32(3)12-13-35-4/h15-18H,5-14H2,1-4H3,(H,26,27,28)(H,30,31,34)/t15-,16-,17-/m1/s1. The van der Waals surface area contributed by atoms with Gasteiger partial charge in [0, 0.05) is 33.3 Å². The highest BCUT2D eigenvalue weighted by molar-refractivity contribution is 5.87. The van der Waals surface area contributed by atoms with Crippen LogP contribution in [0.3, 0.4) is 0 Å². The van der Waals surface area contributed by atoms with Crippen molar-refractivity contribution < 1.29 is 9.26 Å². The van der Waals surface area contributed by atoms with Gasteiger partial charge >= 0.3 is 5.76 Å². The molecule has 3 heterocycles. The fraction of sp³-hybridized carbons (Fsp3) is 0.720. The molecule has 36 heavy (non-hydrogen) atoms. The molecule has 3 aromatic heterocycles. The second-order valence-corrected chi connectivity index (χ2v) is 10.7. The number of hydrogen-bond acceptors (Lipinski definition) is 9. The monoisotopic (exact) mass is 498 g/mol. The molecule has 11 nitrogen and oxygen atoms in total. The zero-order valence-electron chi connectivity index (χ0n) is 21.8. The molecule has 2 aliphatic rings. The van der Waals surface area contributed by atoms with E-state index in [9.17, 15) is 4.79 Å². The molecule has 196 valence electrons. The number of H-pyrrole nitrogens is 1. The molecule has 0 aliphatic heterocycles. The fourth-order valence-corrected chi connectivity index (χ4v) is 5.39. The molecule has 11 heteroatoms. The highest BCUT2D eigenvalue weighted by Gasteiger charge is 2.29. The van der Waals surface area contributed by atoms with Gasteiger partial charge in [-0.05, 0) is 50.4 Å². The van der Waals surface area contributed by atoms with Crippen molar-refractivity contribution in [2.75, 3.05) is 37.5 Å². The summed E-state index contributed by atoms with van der Waals surface area (Å²) in [6.45, 7) is 6.73. The van der Waals surface area contributed by atoms with Gasteiger partial charge < -0.3 is 19.5 Å². The topological polar surface area (TPSA) is 127 Å². The van der Waals surface area contributed by atoms with Gasteiger partial charge in [-0.25, -0.2) is 14.8 Å². The van der Waals surface area contributed by atoms with Gasteiger partial charge in [-0.1, -0.05) is 31.3 Å². The van der Waals surface area contributed by atoms with E-state index in [-0.39, 0.29) is 11.9 Å². The second kappa shape index (κ2) is 10.6. The maximum absolute atomic E-state index is 11.6. The number of methoxy groups -OCH3 is 1. The van der Waals surface area contributed by atoms with E-state index in [4.69, 9.17) is 24.2 Å². The van der Waals surface area contributed by atoms with E-state index in [1.807, 2.05) is 7.05 Å². The Balaban J connectivity index is 1.61. The van der Waals surface area contributed by atoms with Crippen LogP contribution in [0.4, 0.5) is 11.8 Å². The van der Waals surface area contributed by atoms with Crippen LogP contribution in [0.15, 0.2) is 9.32 Å². The summed E-state index contributed by atoms with van der Waals surface area (Å²) in [4.78, 5) is 30.9. The Morgan fingerprint density at radius 2 is 1.97 bits per heavy atom. The predicted molar refractivity (Wildman–Crippen MR) is 138 cm³/mol. The molecule has 0 saturated heterocycles. The molecule has 5 rings (SSSR count). The summed E-state index contributed by atoms with van der Waals surface area (Å²) in [6.07, 6.45) is 8.65. The lowest BCUT2D eigenvalue weighted by Gasteiger charge is -2.32. The summed E-state index contributed by atoms with van der Waals surface area (Å²) >= 11 is 0. The highest BCUT2D eigenvalue weighted by Crippen LogP contribution is 2.36. The lowest BCUT2D eigenvalue weighted by molar-refractivity contribution is 0.205. The van der Waals surface area contributed by atoms with Crippen LogP contribution in [-0.2, 0) is 11.3 Å². The zero-order valence-corrected chi connectivity index (χ0v) is 21.8. The van der Waals surface area contributed by atoms with Crippen molar-refractivity contribution in [2.24, 2.45) is 17.8 Å². The number of fused-ring (bicyclic) bond motifs is 1. The third-order valence-electron chi connectivity index (χ3n) is 8.00. The fourth-order valence-electron chi connectivity index (χ4n) is 5.39. The highest BCUT2D eigenvalue weighted by atomic mass is 16.5. The number of rotatable bonds is 10. The number of nitrogens with one attached hydrogen (secondary N) is 2. The first-order valence-electron chi connectivity index (χ1n) is 13.2. The van der Waals surface area contributed by atoms with Crippen LogP contribution in [-0.4, -0.2) is 63.0 Å². The van der Waals surface area contributed by atoms with Gasteiger partial charge in [0.25, 0.3) is 0 Å². The van der Waals surface area contributed by atoms with Crippen molar-refractivity contribution in [3.63, 3.8) is 0 Å². The van der Waals surface area contributed by atoms with Gasteiger partial charge in [-0.15, -0.1) is 0 Å². The van der Waals surface area contributed by atoms with E-state index in [1.54, 1.807) is 7.11 Å². The summed E-state index contributed by atoms with van der Waals surface area (Å²) in [6, 6.07) is 0.259. The number of imidazole rings is 1. The minimum atomic E-state index is -0.636. The summed E-state index contributed by atoms with van der Waals surface area (Å²) in [5.74, 6) is 3.41. The molecule has 0 radical (unpaired) electrons. The van der Waals surface area contributed by atoms with E-state index in [0.29, 0.717) is 36.5 Å². The van der Waals surface area contributed by atoms with E-state index < -0.39 is 5.76 Å². The van der Waals surface area contributed by atoms with E-state index in [2.05, 4.69) is 38.8 Å². The molecular weight excluding hydrogens is 460 g/mol. The van der Waals surface area contributed by atoms with E-state index in [1.165, 1.54) is 44.9 Å². The number of aromatic amines is 1. The van der Waals surface area contributed by atoms with E-state index >= 15 is 0 Å². The van der Waals surface area contributed by atoms with Crippen LogP contribution < -0.4 is 16.0 Å². The largest absolute Gasteiger partial charge is 0.439 e. The number of nitrogens with zero attached hydrogens (tertiary/aromatic N) is 6.